The third kappa shape index (κ3) is 4.20. The first-order chi connectivity index (χ1) is 8.54. The van der Waals surface area contributed by atoms with Gasteiger partial charge in [0.05, 0.1) is 18.7 Å². The van der Waals surface area contributed by atoms with Gasteiger partial charge in [-0.3, -0.25) is 4.79 Å². The van der Waals surface area contributed by atoms with E-state index in [0.29, 0.717) is 18.9 Å². The number of hydrogen-bond acceptors (Lipinski definition) is 3. The van der Waals surface area contributed by atoms with Crippen LogP contribution in [0, 0.1) is 13.8 Å². The molecule has 0 amide bonds. The molecule has 0 aliphatic carbocycles. The fraction of sp³-hybridized carbons (Fsp3) is 0.429. The zero-order valence-electron chi connectivity index (χ0n) is 11.1. The fourth-order valence-electron chi connectivity index (χ4n) is 1.53. The van der Waals surface area contributed by atoms with Crippen LogP contribution in [0.5, 0.6) is 0 Å². The summed E-state index contributed by atoms with van der Waals surface area (Å²) in [6, 6.07) is 5.86. The Morgan fingerprint density at radius 3 is 2.67 bits per heavy atom. The van der Waals surface area contributed by atoms with Crippen LogP contribution in [0.2, 0.25) is 0 Å². The molecule has 0 radical (unpaired) electrons. The summed E-state index contributed by atoms with van der Waals surface area (Å²) < 4.78 is 5.38. The second-order valence-electron chi connectivity index (χ2n) is 4.05. The molecule has 4 nitrogen and oxygen atoms in total. The van der Waals surface area contributed by atoms with E-state index in [0.717, 1.165) is 16.8 Å². The molecule has 0 heterocycles. The number of nitrogens with zero attached hydrogens (tertiary/aromatic N) is 1. The molecule has 0 bridgehead atoms. The van der Waals surface area contributed by atoms with E-state index in [9.17, 15) is 4.79 Å². The van der Waals surface area contributed by atoms with Gasteiger partial charge in [-0.25, -0.2) is 4.99 Å². The minimum atomic E-state index is -0.844. The van der Waals surface area contributed by atoms with Gasteiger partial charge in [-0.15, -0.1) is 0 Å². The molecule has 18 heavy (non-hydrogen) atoms. The Kier molecular flexibility index (Phi) is 5.36. The van der Waals surface area contributed by atoms with E-state index in [2.05, 4.69) is 4.99 Å². The third-order valence-electron chi connectivity index (χ3n) is 2.68. The van der Waals surface area contributed by atoms with E-state index in [-0.39, 0.29) is 6.42 Å². The summed E-state index contributed by atoms with van der Waals surface area (Å²) in [4.78, 5) is 15.0. The predicted octanol–water partition coefficient (Wildman–Crippen LogP) is 3.23. The van der Waals surface area contributed by atoms with E-state index in [1.807, 2.05) is 39.0 Å². The number of carboxylic acid groups (broad SMARTS) is 1. The molecule has 1 aromatic carbocycles. The highest BCUT2D eigenvalue weighted by Crippen LogP contribution is 2.22. The van der Waals surface area contributed by atoms with Crippen LogP contribution in [0.4, 0.5) is 5.69 Å². The Balaban J connectivity index is 2.92. The summed E-state index contributed by atoms with van der Waals surface area (Å²) in [5.74, 6) is -0.364. The minimum Gasteiger partial charge on any atom is -0.481 e. The molecule has 0 atom stereocenters. The standard InChI is InChI=1S/C14H19NO3/c1-4-18-13(8-9-14(16)17)15-12-7-5-6-10(2)11(12)3/h5-7H,4,8-9H2,1-3H3,(H,16,17). The van der Waals surface area contributed by atoms with E-state index in [4.69, 9.17) is 9.84 Å². The summed E-state index contributed by atoms with van der Waals surface area (Å²) in [6.45, 7) is 6.36. The van der Waals surface area contributed by atoms with Gasteiger partial charge in [-0.1, -0.05) is 12.1 Å². The largest absolute Gasteiger partial charge is 0.481 e. The van der Waals surface area contributed by atoms with Gasteiger partial charge < -0.3 is 9.84 Å². The van der Waals surface area contributed by atoms with Gasteiger partial charge in [0, 0.05) is 6.42 Å². The molecule has 1 rings (SSSR count). The van der Waals surface area contributed by atoms with Gasteiger partial charge in [0.25, 0.3) is 0 Å². The number of hydrogen-bond donors (Lipinski definition) is 1. The highest BCUT2D eigenvalue weighted by molar-refractivity contribution is 5.83. The van der Waals surface area contributed by atoms with Crippen molar-refractivity contribution in [3.63, 3.8) is 0 Å². The maximum atomic E-state index is 10.6. The zero-order chi connectivity index (χ0) is 13.5. The average molecular weight is 249 g/mol. The van der Waals surface area contributed by atoms with E-state index < -0.39 is 5.97 Å². The maximum absolute atomic E-state index is 10.6. The Labute approximate surface area is 107 Å². The molecule has 0 spiro atoms. The first-order valence-corrected chi connectivity index (χ1v) is 6.03. The minimum absolute atomic E-state index is 0.0314. The molecule has 1 aromatic rings. The topological polar surface area (TPSA) is 58.9 Å². The molecule has 0 fully saturated rings. The lowest BCUT2D eigenvalue weighted by molar-refractivity contribution is -0.136. The molecule has 1 N–H and O–H groups in total. The molecule has 0 aliphatic rings. The van der Waals surface area contributed by atoms with Gasteiger partial charge in [0.2, 0.25) is 0 Å². The molecule has 0 saturated heterocycles. The Morgan fingerprint density at radius 1 is 1.33 bits per heavy atom. The Morgan fingerprint density at radius 2 is 2.06 bits per heavy atom. The van der Waals surface area contributed by atoms with Crippen molar-refractivity contribution in [2.24, 2.45) is 4.99 Å². The van der Waals surface area contributed by atoms with Crippen LogP contribution in [0.3, 0.4) is 0 Å². The molecule has 98 valence electrons. The lowest BCUT2D eigenvalue weighted by Gasteiger charge is -2.08. The van der Waals surface area contributed by atoms with Crippen molar-refractivity contribution in [1.29, 1.82) is 0 Å². The predicted molar refractivity (Wildman–Crippen MR) is 71.5 cm³/mol. The van der Waals surface area contributed by atoms with Crippen molar-refractivity contribution in [1.82, 2.24) is 0 Å². The smallest absolute Gasteiger partial charge is 0.303 e. The van der Waals surface area contributed by atoms with Gasteiger partial charge in [-0.05, 0) is 38.0 Å². The summed E-state index contributed by atoms with van der Waals surface area (Å²) in [6.07, 6.45) is 0.347. The van der Waals surface area contributed by atoms with E-state index in [1.54, 1.807) is 0 Å². The van der Waals surface area contributed by atoms with E-state index in [1.165, 1.54) is 0 Å². The van der Waals surface area contributed by atoms with Crippen LogP contribution in [0.25, 0.3) is 0 Å². The highest BCUT2D eigenvalue weighted by atomic mass is 16.5. The summed E-state index contributed by atoms with van der Waals surface area (Å²) in [7, 11) is 0. The van der Waals surface area contributed by atoms with Gasteiger partial charge in [0.15, 0.2) is 5.90 Å². The van der Waals surface area contributed by atoms with Gasteiger partial charge in [0.1, 0.15) is 0 Å². The van der Waals surface area contributed by atoms with E-state index >= 15 is 0 Å². The van der Waals surface area contributed by atoms with Crippen LogP contribution in [0.1, 0.15) is 30.9 Å². The van der Waals surface area contributed by atoms with Crippen molar-refractivity contribution in [3.05, 3.63) is 29.3 Å². The van der Waals surface area contributed by atoms with Crippen LogP contribution >= 0.6 is 0 Å². The molecule has 4 heteroatoms. The van der Waals surface area contributed by atoms with Crippen LogP contribution in [-0.2, 0) is 9.53 Å². The van der Waals surface area contributed by atoms with Crippen molar-refractivity contribution in [3.8, 4) is 0 Å². The number of aryl methyl sites for hydroxylation is 1. The van der Waals surface area contributed by atoms with Crippen molar-refractivity contribution in [2.45, 2.75) is 33.6 Å². The number of ether oxygens (including phenoxy) is 1. The number of carbonyl (C=O) groups is 1. The summed E-state index contributed by atoms with van der Waals surface area (Å²) >= 11 is 0. The molecular weight excluding hydrogens is 230 g/mol. The fourth-order valence-corrected chi connectivity index (χ4v) is 1.53. The molecule has 0 saturated carbocycles. The first kappa shape index (κ1) is 14.2. The zero-order valence-corrected chi connectivity index (χ0v) is 11.1. The lowest BCUT2D eigenvalue weighted by atomic mass is 10.1. The molecular formula is C14H19NO3. The van der Waals surface area contributed by atoms with Gasteiger partial charge in [-0.2, -0.15) is 0 Å². The monoisotopic (exact) mass is 249 g/mol. The molecule has 0 unspecified atom stereocenters. The van der Waals surface area contributed by atoms with Crippen molar-refractivity contribution in [2.75, 3.05) is 6.61 Å². The number of carboxylic acids is 1. The van der Waals surface area contributed by atoms with Crippen LogP contribution in [0.15, 0.2) is 23.2 Å². The Bertz CT molecular complexity index is 452. The number of aliphatic carboxylic acids is 1. The number of benzene rings is 1. The lowest BCUT2D eigenvalue weighted by Crippen LogP contribution is -2.07. The van der Waals surface area contributed by atoms with Crippen molar-refractivity contribution >= 4 is 17.6 Å². The third-order valence-corrected chi connectivity index (χ3v) is 2.68. The van der Waals surface area contributed by atoms with Crippen LogP contribution in [-0.4, -0.2) is 23.6 Å². The normalized spacial score (nSPS) is 11.4. The Hall–Kier alpha value is -1.84. The van der Waals surface area contributed by atoms with Crippen LogP contribution < -0.4 is 0 Å². The highest BCUT2D eigenvalue weighted by Gasteiger charge is 2.06. The second-order valence-corrected chi connectivity index (χ2v) is 4.05. The first-order valence-electron chi connectivity index (χ1n) is 6.03. The number of aliphatic imine (C=N–C) groups is 1. The number of rotatable bonds is 5. The molecule has 0 aliphatic heterocycles. The average Bonchev–Trinajstić information content (AvgIpc) is 2.32. The van der Waals surface area contributed by atoms with Gasteiger partial charge >= 0.3 is 5.97 Å². The van der Waals surface area contributed by atoms with Crippen molar-refractivity contribution < 1.29 is 14.6 Å². The maximum Gasteiger partial charge on any atom is 0.303 e. The summed E-state index contributed by atoms with van der Waals surface area (Å²) in [5.41, 5.74) is 3.08. The summed E-state index contributed by atoms with van der Waals surface area (Å²) in [5, 5.41) is 8.68. The SMILES string of the molecule is CCOC(CCC(=O)O)=Nc1cccc(C)c1C. The molecule has 0 aromatic heterocycles. The quantitative estimate of drug-likeness (QED) is 0.643. The second kappa shape index (κ2) is 6.79.